The van der Waals surface area contributed by atoms with Crippen LogP contribution in [0.25, 0.3) is 0 Å². The van der Waals surface area contributed by atoms with Crippen LogP contribution in [0, 0.1) is 6.92 Å². The van der Waals surface area contributed by atoms with Crippen molar-refractivity contribution in [2.45, 2.75) is 6.92 Å². The molecule has 3 heteroatoms. The summed E-state index contributed by atoms with van der Waals surface area (Å²) in [6.45, 7) is 2.09. The van der Waals surface area contributed by atoms with Crippen molar-refractivity contribution in [3.8, 4) is 0 Å². The fraction of sp³-hybridized carbons (Fsp3) is 0.0769. The summed E-state index contributed by atoms with van der Waals surface area (Å²) in [6.07, 6.45) is 0. The third-order valence-electron chi connectivity index (χ3n) is 2.22. The predicted molar refractivity (Wildman–Crippen MR) is 72.1 cm³/mol. The molecule has 2 aromatic carbocycles. The molecule has 0 atom stereocenters. The van der Waals surface area contributed by atoms with E-state index in [0.29, 0.717) is 0 Å². The first-order chi connectivity index (χ1) is 7.65. The van der Waals surface area contributed by atoms with Gasteiger partial charge in [0.25, 0.3) is 0 Å². The van der Waals surface area contributed by atoms with Crippen LogP contribution in [0.3, 0.4) is 0 Å². The Balaban J connectivity index is 2.26. The molecular formula is C13H12ClNSe. The Hall–Kier alpha value is -0.951. The third-order valence-corrected chi connectivity index (χ3v) is 4.73. The van der Waals surface area contributed by atoms with E-state index >= 15 is 0 Å². The SMILES string of the molecule is Cc1ccc([Se]c2cc(Cl)ccc2N)cc1. The van der Waals surface area contributed by atoms with E-state index in [0.717, 1.165) is 15.2 Å². The Morgan fingerprint density at radius 2 is 1.75 bits per heavy atom. The minimum absolute atomic E-state index is 0.225. The summed E-state index contributed by atoms with van der Waals surface area (Å²) in [5, 5.41) is 0.748. The molecule has 82 valence electrons. The molecule has 0 radical (unpaired) electrons. The van der Waals surface area contributed by atoms with Gasteiger partial charge < -0.3 is 0 Å². The average Bonchev–Trinajstić information content (AvgIpc) is 2.27. The van der Waals surface area contributed by atoms with Gasteiger partial charge >= 0.3 is 107 Å². The van der Waals surface area contributed by atoms with Crippen LogP contribution < -0.4 is 14.7 Å². The van der Waals surface area contributed by atoms with Crippen molar-refractivity contribution in [1.82, 2.24) is 0 Å². The molecule has 16 heavy (non-hydrogen) atoms. The Kier molecular flexibility index (Phi) is 3.55. The molecule has 0 unspecified atom stereocenters. The molecule has 0 saturated heterocycles. The first kappa shape index (κ1) is 11.5. The topological polar surface area (TPSA) is 26.0 Å². The molecule has 0 aliphatic carbocycles. The standard InChI is InChI=1S/C13H12ClNSe/c1-9-2-5-11(6-3-9)16-13-8-10(14)4-7-12(13)15/h2-8H,15H2,1H3. The molecule has 2 rings (SSSR count). The fourth-order valence-corrected chi connectivity index (χ4v) is 3.53. The van der Waals surface area contributed by atoms with Crippen molar-refractivity contribution in [3.63, 3.8) is 0 Å². The van der Waals surface area contributed by atoms with Gasteiger partial charge in [-0.15, -0.1) is 0 Å². The van der Waals surface area contributed by atoms with Gasteiger partial charge in [0.1, 0.15) is 0 Å². The summed E-state index contributed by atoms with van der Waals surface area (Å²) in [6, 6.07) is 14.2. The van der Waals surface area contributed by atoms with Crippen LogP contribution in [-0.2, 0) is 0 Å². The number of hydrogen-bond acceptors (Lipinski definition) is 1. The Morgan fingerprint density at radius 3 is 2.44 bits per heavy atom. The summed E-state index contributed by atoms with van der Waals surface area (Å²) in [5.41, 5.74) is 8.02. The third kappa shape index (κ3) is 2.79. The second kappa shape index (κ2) is 4.92. The van der Waals surface area contributed by atoms with Crippen LogP contribution in [-0.4, -0.2) is 15.0 Å². The number of hydrogen-bond donors (Lipinski definition) is 1. The molecule has 0 saturated carbocycles. The van der Waals surface area contributed by atoms with Crippen molar-refractivity contribution < 1.29 is 0 Å². The molecule has 0 aliphatic heterocycles. The molecule has 0 aromatic heterocycles. The van der Waals surface area contributed by atoms with Crippen LogP contribution in [0.1, 0.15) is 5.56 Å². The number of aryl methyl sites for hydroxylation is 1. The van der Waals surface area contributed by atoms with E-state index in [4.69, 9.17) is 17.3 Å². The van der Waals surface area contributed by atoms with E-state index in [1.807, 2.05) is 18.2 Å². The Bertz CT molecular complexity index is 494. The van der Waals surface area contributed by atoms with E-state index in [-0.39, 0.29) is 15.0 Å². The average molecular weight is 297 g/mol. The molecule has 0 spiro atoms. The van der Waals surface area contributed by atoms with Crippen LogP contribution in [0.15, 0.2) is 42.5 Å². The van der Waals surface area contributed by atoms with Gasteiger partial charge in [0.05, 0.1) is 0 Å². The van der Waals surface area contributed by atoms with Gasteiger partial charge in [-0.3, -0.25) is 0 Å². The van der Waals surface area contributed by atoms with Crippen molar-refractivity contribution in [3.05, 3.63) is 53.1 Å². The number of benzene rings is 2. The summed E-state index contributed by atoms with van der Waals surface area (Å²) in [7, 11) is 0. The predicted octanol–water partition coefficient (Wildman–Crippen LogP) is 1.89. The van der Waals surface area contributed by atoms with E-state index in [1.165, 1.54) is 10.0 Å². The van der Waals surface area contributed by atoms with Crippen molar-refractivity contribution in [2.24, 2.45) is 0 Å². The summed E-state index contributed by atoms with van der Waals surface area (Å²) in [4.78, 5) is 0. The van der Waals surface area contributed by atoms with Gasteiger partial charge in [-0.05, 0) is 0 Å². The maximum absolute atomic E-state index is 5.96. The van der Waals surface area contributed by atoms with E-state index in [1.54, 1.807) is 0 Å². The van der Waals surface area contributed by atoms with Crippen molar-refractivity contribution >= 4 is 41.2 Å². The molecule has 2 aromatic rings. The fourth-order valence-electron chi connectivity index (χ4n) is 1.33. The first-order valence-electron chi connectivity index (χ1n) is 4.95. The molecule has 0 fully saturated rings. The van der Waals surface area contributed by atoms with Gasteiger partial charge in [-0.1, -0.05) is 0 Å². The number of halogens is 1. The zero-order chi connectivity index (χ0) is 11.5. The molecular weight excluding hydrogens is 285 g/mol. The number of rotatable bonds is 2. The van der Waals surface area contributed by atoms with Gasteiger partial charge in [0.15, 0.2) is 0 Å². The summed E-state index contributed by atoms with van der Waals surface area (Å²) < 4.78 is 2.45. The number of anilines is 1. The van der Waals surface area contributed by atoms with Crippen molar-refractivity contribution in [1.29, 1.82) is 0 Å². The van der Waals surface area contributed by atoms with Crippen LogP contribution >= 0.6 is 11.6 Å². The maximum atomic E-state index is 5.96. The number of nitrogen functional groups attached to an aromatic ring is 1. The van der Waals surface area contributed by atoms with Gasteiger partial charge in [0.2, 0.25) is 0 Å². The van der Waals surface area contributed by atoms with E-state index in [9.17, 15) is 0 Å². The zero-order valence-corrected chi connectivity index (χ0v) is 11.4. The van der Waals surface area contributed by atoms with E-state index in [2.05, 4.69) is 31.2 Å². The van der Waals surface area contributed by atoms with Crippen molar-refractivity contribution in [2.75, 3.05) is 5.73 Å². The van der Waals surface area contributed by atoms with Crippen LogP contribution in [0.5, 0.6) is 0 Å². The Morgan fingerprint density at radius 1 is 1.06 bits per heavy atom. The molecule has 2 N–H and O–H groups in total. The number of nitrogens with two attached hydrogens (primary N) is 1. The summed E-state index contributed by atoms with van der Waals surface area (Å²) >= 11 is 6.19. The first-order valence-corrected chi connectivity index (χ1v) is 7.04. The van der Waals surface area contributed by atoms with Crippen LogP contribution in [0.2, 0.25) is 5.02 Å². The quantitative estimate of drug-likeness (QED) is 0.665. The minimum atomic E-state index is 0.225. The Labute approximate surface area is 107 Å². The molecule has 1 nitrogen and oxygen atoms in total. The monoisotopic (exact) mass is 297 g/mol. The van der Waals surface area contributed by atoms with Gasteiger partial charge in [-0.25, -0.2) is 0 Å². The zero-order valence-electron chi connectivity index (χ0n) is 8.91. The van der Waals surface area contributed by atoms with Gasteiger partial charge in [0, 0.05) is 0 Å². The molecule has 0 heterocycles. The van der Waals surface area contributed by atoms with Crippen LogP contribution in [0.4, 0.5) is 5.69 Å². The van der Waals surface area contributed by atoms with Gasteiger partial charge in [-0.2, -0.15) is 0 Å². The normalized spacial score (nSPS) is 10.4. The summed E-state index contributed by atoms with van der Waals surface area (Å²) in [5.74, 6) is 0. The van der Waals surface area contributed by atoms with E-state index < -0.39 is 0 Å². The molecule has 0 bridgehead atoms. The molecule has 0 amide bonds. The molecule has 0 aliphatic rings. The second-order valence-electron chi connectivity index (χ2n) is 3.60. The second-order valence-corrected chi connectivity index (χ2v) is 6.37.